The van der Waals surface area contributed by atoms with Crippen LogP contribution in [-0.2, 0) is 12.8 Å². The van der Waals surface area contributed by atoms with Gasteiger partial charge in [0.15, 0.2) is 0 Å². The Labute approximate surface area is 198 Å². The molecule has 0 saturated carbocycles. The van der Waals surface area contributed by atoms with Gasteiger partial charge in [0.25, 0.3) is 0 Å². The maximum absolute atomic E-state index is 5.24. The fraction of sp³-hybridized carbons (Fsp3) is 0.345. The molecule has 32 heavy (non-hydrogen) atoms. The molecule has 0 spiro atoms. The second-order valence-corrected chi connectivity index (χ2v) is 9.73. The van der Waals surface area contributed by atoms with E-state index in [0.29, 0.717) is 0 Å². The molecule has 0 N–H and O–H groups in total. The topological polar surface area (TPSA) is 17.3 Å². The number of rotatable bonds is 8. The smallest absolute Gasteiger partial charge is 0.145 e. The van der Waals surface area contributed by atoms with Crippen molar-refractivity contribution in [2.75, 3.05) is 0 Å². The van der Waals surface area contributed by atoms with E-state index in [1.807, 2.05) is 0 Å². The third kappa shape index (κ3) is 3.61. The summed E-state index contributed by atoms with van der Waals surface area (Å²) in [5.41, 5.74) is 7.74. The molecule has 0 radical (unpaired) electrons. The number of nitrogens with zero attached hydrogens (tertiary/aromatic N) is 2. The van der Waals surface area contributed by atoms with E-state index in [9.17, 15) is 0 Å². The number of pyridine rings is 2. The van der Waals surface area contributed by atoms with Crippen LogP contribution in [0.5, 0.6) is 0 Å². The molecular formula is C29H31BrN2. The Morgan fingerprint density at radius 3 is 2.25 bits per heavy atom. The second kappa shape index (κ2) is 9.23. The summed E-state index contributed by atoms with van der Waals surface area (Å²) in [5, 5.41) is 3.82. The molecule has 0 fully saturated rings. The first kappa shape index (κ1) is 21.5. The summed E-state index contributed by atoms with van der Waals surface area (Å²) < 4.78 is 3.64. The van der Waals surface area contributed by atoms with Gasteiger partial charge in [-0.15, -0.1) is 0 Å². The van der Waals surface area contributed by atoms with E-state index in [1.54, 1.807) is 0 Å². The zero-order chi connectivity index (χ0) is 22.1. The highest BCUT2D eigenvalue weighted by Crippen LogP contribution is 2.40. The van der Waals surface area contributed by atoms with Gasteiger partial charge in [-0.2, -0.15) is 0 Å². The van der Waals surface area contributed by atoms with Crippen molar-refractivity contribution < 1.29 is 0 Å². The number of hydrogen-bond donors (Lipinski definition) is 0. The zero-order valence-corrected chi connectivity index (χ0v) is 20.7. The second-order valence-electron chi connectivity index (χ2n) is 8.94. The van der Waals surface area contributed by atoms with Gasteiger partial charge in [0.1, 0.15) is 5.65 Å². The van der Waals surface area contributed by atoms with Gasteiger partial charge in [-0.3, -0.25) is 4.40 Å². The number of para-hydroxylation sites is 2. The predicted octanol–water partition coefficient (Wildman–Crippen LogP) is 9.02. The number of halogens is 1. The molecule has 164 valence electrons. The molecule has 5 aromatic rings. The Hall–Kier alpha value is -2.39. The van der Waals surface area contributed by atoms with E-state index in [2.05, 4.69) is 88.8 Å². The highest BCUT2D eigenvalue weighted by atomic mass is 79.9. The molecule has 3 heterocycles. The fourth-order valence-corrected chi connectivity index (χ4v) is 5.90. The molecule has 3 heteroatoms. The first-order valence-corrected chi connectivity index (χ1v) is 13.0. The molecular weight excluding hydrogens is 456 g/mol. The largest absolute Gasteiger partial charge is 0.292 e. The molecule has 3 aromatic heterocycles. The van der Waals surface area contributed by atoms with Crippen LogP contribution in [0.1, 0.15) is 63.5 Å². The number of unbranched alkanes of at least 4 members (excludes halogenated alkanes) is 4. The molecule has 0 aliphatic carbocycles. The molecule has 0 bridgehead atoms. The van der Waals surface area contributed by atoms with Crippen LogP contribution in [0.4, 0.5) is 0 Å². The molecule has 2 aromatic carbocycles. The summed E-state index contributed by atoms with van der Waals surface area (Å²) in [5.74, 6) is 0. The van der Waals surface area contributed by atoms with Crippen molar-refractivity contribution in [3.05, 3.63) is 70.2 Å². The van der Waals surface area contributed by atoms with E-state index in [4.69, 9.17) is 4.98 Å². The van der Waals surface area contributed by atoms with Gasteiger partial charge in [0.2, 0.25) is 0 Å². The lowest BCUT2D eigenvalue weighted by Gasteiger charge is -2.18. The zero-order valence-electron chi connectivity index (χ0n) is 19.1. The summed E-state index contributed by atoms with van der Waals surface area (Å²) in [7, 11) is 0. The van der Waals surface area contributed by atoms with Crippen molar-refractivity contribution in [2.24, 2.45) is 0 Å². The first-order valence-electron chi connectivity index (χ1n) is 12.2. The lowest BCUT2D eigenvalue weighted by molar-refractivity contribution is 0.696. The normalized spacial score (nSPS) is 12.0. The Bertz CT molecular complexity index is 1410. The molecule has 5 rings (SSSR count). The van der Waals surface area contributed by atoms with Crippen molar-refractivity contribution in [1.82, 2.24) is 9.38 Å². The Morgan fingerprint density at radius 1 is 0.781 bits per heavy atom. The molecule has 0 amide bonds. The maximum atomic E-state index is 5.24. The fourth-order valence-electron chi connectivity index (χ4n) is 5.15. The van der Waals surface area contributed by atoms with Gasteiger partial charge in [-0.25, -0.2) is 4.98 Å². The molecule has 0 aliphatic rings. The van der Waals surface area contributed by atoms with Crippen LogP contribution in [0.2, 0.25) is 0 Å². The molecule has 0 saturated heterocycles. The van der Waals surface area contributed by atoms with Gasteiger partial charge >= 0.3 is 0 Å². The highest BCUT2D eigenvalue weighted by molar-refractivity contribution is 9.10. The molecule has 0 aliphatic heterocycles. The minimum atomic E-state index is 1.06. The SMILES string of the molecule is CCCCCc1c(CCCCC)c2c(Br)c3ccccc3n2c2nc3ccccc3cc12. The minimum absolute atomic E-state index is 1.06. The average molecular weight is 487 g/mol. The van der Waals surface area contributed by atoms with Crippen molar-refractivity contribution in [3.8, 4) is 0 Å². The van der Waals surface area contributed by atoms with Crippen LogP contribution in [0.15, 0.2) is 59.1 Å². The Balaban J connectivity index is 1.93. The van der Waals surface area contributed by atoms with Crippen LogP contribution in [-0.4, -0.2) is 9.38 Å². The summed E-state index contributed by atoms with van der Waals surface area (Å²) in [6.07, 6.45) is 9.72. The van der Waals surface area contributed by atoms with Crippen LogP contribution >= 0.6 is 15.9 Å². The standard InChI is InChI=1S/C29H31BrN2/c1-3-5-7-14-21-22(15-8-6-4-2)28-27(30)23-16-10-12-18-26(23)32(28)29-24(21)19-20-13-9-11-17-25(20)31-29/h9-13,16-19H,3-8,14-15H2,1-2H3. The van der Waals surface area contributed by atoms with Gasteiger partial charge in [-0.05, 0) is 70.9 Å². The number of aromatic nitrogens is 2. The van der Waals surface area contributed by atoms with Gasteiger partial charge in [0, 0.05) is 16.2 Å². The van der Waals surface area contributed by atoms with Crippen LogP contribution in [0.25, 0.3) is 38.4 Å². The number of benzene rings is 2. The summed E-state index contributed by atoms with van der Waals surface area (Å²) in [6, 6.07) is 19.7. The van der Waals surface area contributed by atoms with E-state index in [-0.39, 0.29) is 0 Å². The summed E-state index contributed by atoms with van der Waals surface area (Å²) in [6.45, 7) is 4.57. The lowest BCUT2D eigenvalue weighted by atomic mass is 9.93. The van der Waals surface area contributed by atoms with Crippen molar-refractivity contribution in [2.45, 2.75) is 65.2 Å². The summed E-state index contributed by atoms with van der Waals surface area (Å²) in [4.78, 5) is 5.24. The molecule has 0 atom stereocenters. The van der Waals surface area contributed by atoms with Crippen LogP contribution in [0.3, 0.4) is 0 Å². The predicted molar refractivity (Wildman–Crippen MR) is 142 cm³/mol. The van der Waals surface area contributed by atoms with Gasteiger partial charge in [0.05, 0.1) is 21.0 Å². The van der Waals surface area contributed by atoms with Crippen molar-refractivity contribution in [1.29, 1.82) is 0 Å². The third-order valence-corrected chi connectivity index (χ3v) is 7.57. The third-order valence-electron chi connectivity index (χ3n) is 6.76. The van der Waals surface area contributed by atoms with E-state index >= 15 is 0 Å². The monoisotopic (exact) mass is 486 g/mol. The molecule has 2 nitrogen and oxygen atoms in total. The molecule has 0 unspecified atom stereocenters. The maximum Gasteiger partial charge on any atom is 0.145 e. The lowest BCUT2D eigenvalue weighted by Crippen LogP contribution is -2.04. The quantitative estimate of drug-likeness (QED) is 0.158. The first-order chi connectivity index (χ1) is 15.7. The van der Waals surface area contributed by atoms with E-state index in [1.165, 1.54) is 81.3 Å². The van der Waals surface area contributed by atoms with Gasteiger partial charge < -0.3 is 0 Å². The number of aryl methyl sites for hydroxylation is 2. The summed E-state index contributed by atoms with van der Waals surface area (Å²) >= 11 is 4.02. The average Bonchev–Trinajstić information content (AvgIpc) is 3.12. The number of fused-ring (bicyclic) bond motifs is 6. The van der Waals surface area contributed by atoms with E-state index in [0.717, 1.165) is 24.0 Å². The van der Waals surface area contributed by atoms with E-state index < -0.39 is 0 Å². The van der Waals surface area contributed by atoms with Crippen molar-refractivity contribution in [3.63, 3.8) is 0 Å². The highest BCUT2D eigenvalue weighted by Gasteiger charge is 2.21. The minimum Gasteiger partial charge on any atom is -0.292 e. The number of hydrogen-bond acceptors (Lipinski definition) is 1. The van der Waals surface area contributed by atoms with Crippen molar-refractivity contribution >= 4 is 54.3 Å². The Kier molecular flexibility index (Phi) is 6.19. The van der Waals surface area contributed by atoms with Gasteiger partial charge in [-0.1, -0.05) is 75.9 Å². The van der Waals surface area contributed by atoms with Crippen LogP contribution in [0, 0.1) is 0 Å². The Morgan fingerprint density at radius 2 is 1.47 bits per heavy atom. The van der Waals surface area contributed by atoms with Crippen LogP contribution < -0.4 is 0 Å².